The fourth-order valence-corrected chi connectivity index (χ4v) is 5.44. The lowest BCUT2D eigenvalue weighted by atomic mass is 10.1. The van der Waals surface area contributed by atoms with Crippen molar-refractivity contribution in [3.05, 3.63) is 54.1 Å². The molecule has 3 aliphatic heterocycles. The first-order valence-corrected chi connectivity index (χ1v) is 10.9. The Balaban J connectivity index is 1.49. The zero-order chi connectivity index (χ0) is 22.5. The number of nitrogens with one attached hydrogen (secondary N) is 1. The van der Waals surface area contributed by atoms with Gasteiger partial charge in [0.1, 0.15) is 6.61 Å². The fraction of sp³-hybridized carbons (Fsp3) is 0.273. The highest BCUT2D eigenvalue weighted by Crippen LogP contribution is 2.54. The molecule has 0 bridgehead atoms. The lowest BCUT2D eigenvalue weighted by molar-refractivity contribution is -0.139. The van der Waals surface area contributed by atoms with Crippen molar-refractivity contribution >= 4 is 40.3 Å². The van der Waals surface area contributed by atoms with E-state index in [-0.39, 0.29) is 30.1 Å². The van der Waals surface area contributed by atoms with Crippen molar-refractivity contribution in [3.8, 4) is 11.5 Å². The predicted molar refractivity (Wildman–Crippen MR) is 118 cm³/mol. The van der Waals surface area contributed by atoms with Crippen LogP contribution in [0.25, 0.3) is 0 Å². The summed E-state index contributed by atoms with van der Waals surface area (Å²) in [5.41, 5.74) is 1.30. The predicted octanol–water partition coefficient (Wildman–Crippen LogP) is 2.03. The molecular formula is C22H20N4O5S. The van der Waals surface area contributed by atoms with Gasteiger partial charge in [-0.25, -0.2) is 0 Å². The number of ether oxygens (including phenoxy) is 2. The summed E-state index contributed by atoms with van der Waals surface area (Å²) in [5, 5.41) is 8.20. The summed E-state index contributed by atoms with van der Waals surface area (Å²) >= 11 is 1.05. The second kappa shape index (κ2) is 7.56. The van der Waals surface area contributed by atoms with E-state index in [1.165, 1.54) is 13.8 Å². The van der Waals surface area contributed by atoms with Crippen LogP contribution >= 0.6 is 11.8 Å². The number of thioether (sulfide) groups is 1. The van der Waals surface area contributed by atoms with Gasteiger partial charge < -0.3 is 19.7 Å². The van der Waals surface area contributed by atoms with E-state index < -0.39 is 16.9 Å². The van der Waals surface area contributed by atoms with Crippen LogP contribution in [0.4, 0.5) is 5.69 Å². The molecule has 0 aromatic heterocycles. The van der Waals surface area contributed by atoms with Crippen molar-refractivity contribution in [3.63, 3.8) is 0 Å². The minimum atomic E-state index is -1.42. The molecule has 3 heterocycles. The summed E-state index contributed by atoms with van der Waals surface area (Å²) in [5.74, 6) is 0.212. The van der Waals surface area contributed by atoms with Crippen molar-refractivity contribution in [1.82, 2.24) is 10.3 Å². The average Bonchev–Trinajstić information content (AvgIpc) is 3.26. The van der Waals surface area contributed by atoms with Crippen LogP contribution in [0.2, 0.25) is 0 Å². The Labute approximate surface area is 188 Å². The Morgan fingerprint density at radius 3 is 2.62 bits per heavy atom. The number of para-hydroxylation sites is 3. The van der Waals surface area contributed by atoms with Gasteiger partial charge in [0.15, 0.2) is 22.8 Å². The van der Waals surface area contributed by atoms with Crippen molar-refractivity contribution in [2.24, 2.45) is 5.10 Å². The van der Waals surface area contributed by atoms with E-state index in [9.17, 15) is 14.4 Å². The summed E-state index contributed by atoms with van der Waals surface area (Å²) in [6, 6.07) is 14.6. The number of benzene rings is 2. The molecule has 1 N–H and O–H groups in total. The van der Waals surface area contributed by atoms with E-state index in [1.807, 2.05) is 42.5 Å². The summed E-state index contributed by atoms with van der Waals surface area (Å²) < 4.78 is 11.9. The van der Waals surface area contributed by atoms with Gasteiger partial charge in [0.25, 0.3) is 5.91 Å². The molecule has 10 heteroatoms. The average molecular weight is 452 g/mol. The molecule has 164 valence electrons. The monoisotopic (exact) mass is 452 g/mol. The number of rotatable bonds is 2. The fourth-order valence-electron chi connectivity index (χ4n) is 4.10. The van der Waals surface area contributed by atoms with Gasteiger partial charge >= 0.3 is 0 Å². The lowest BCUT2D eigenvalue weighted by Gasteiger charge is -2.32. The van der Waals surface area contributed by atoms with E-state index in [0.717, 1.165) is 16.8 Å². The third kappa shape index (κ3) is 3.10. The third-order valence-corrected chi connectivity index (χ3v) is 6.60. The molecule has 1 spiro atoms. The van der Waals surface area contributed by atoms with Crippen LogP contribution in [0, 0.1) is 0 Å². The zero-order valence-electron chi connectivity index (χ0n) is 17.4. The van der Waals surface area contributed by atoms with Gasteiger partial charge in [-0.2, -0.15) is 5.01 Å². The SMILES string of the molecule is CC(=O)NC1=NN(C(C)=O)[C@@]2(S1)C(=O)N(C[C@H]1COc3ccccc3O1)c1ccccc12. The molecule has 32 heavy (non-hydrogen) atoms. The number of hydrazone groups is 1. The van der Waals surface area contributed by atoms with Gasteiger partial charge in [0.05, 0.1) is 12.2 Å². The molecule has 2 atom stereocenters. The molecule has 2 aromatic rings. The lowest BCUT2D eigenvalue weighted by Crippen LogP contribution is -2.51. The highest BCUT2D eigenvalue weighted by Gasteiger charge is 2.61. The van der Waals surface area contributed by atoms with Crippen LogP contribution in [-0.2, 0) is 19.3 Å². The molecule has 0 saturated carbocycles. The maximum atomic E-state index is 13.9. The number of anilines is 1. The van der Waals surface area contributed by atoms with Gasteiger partial charge in [-0.3, -0.25) is 14.4 Å². The van der Waals surface area contributed by atoms with E-state index in [0.29, 0.717) is 22.7 Å². The maximum absolute atomic E-state index is 13.9. The van der Waals surface area contributed by atoms with Crippen molar-refractivity contribution in [1.29, 1.82) is 0 Å². The molecular weight excluding hydrogens is 432 g/mol. The largest absolute Gasteiger partial charge is 0.486 e. The first kappa shape index (κ1) is 20.4. The van der Waals surface area contributed by atoms with Gasteiger partial charge in [0, 0.05) is 19.4 Å². The standard InChI is InChI=1S/C22H20N4O5S/c1-13(27)23-21-24-26(14(2)28)22(32-21)16-7-3-4-8-17(16)25(20(22)29)11-15-12-30-18-9-5-6-10-19(18)31-15/h3-10,15H,11-12H2,1-2H3,(H,23,24,27)/t15-,22-/m0/s1. The molecule has 0 fully saturated rings. The van der Waals surface area contributed by atoms with E-state index >= 15 is 0 Å². The highest BCUT2D eigenvalue weighted by molar-refractivity contribution is 8.15. The number of hydrogen-bond donors (Lipinski definition) is 1. The number of fused-ring (bicyclic) bond motifs is 3. The minimum absolute atomic E-state index is 0.198. The van der Waals surface area contributed by atoms with Gasteiger partial charge in [0.2, 0.25) is 16.7 Å². The van der Waals surface area contributed by atoms with Crippen LogP contribution in [-0.4, -0.2) is 47.2 Å². The Kier molecular flexibility index (Phi) is 4.81. The third-order valence-electron chi connectivity index (χ3n) is 5.36. The quantitative estimate of drug-likeness (QED) is 0.748. The van der Waals surface area contributed by atoms with Crippen LogP contribution < -0.4 is 19.7 Å². The number of amidine groups is 1. The minimum Gasteiger partial charge on any atom is -0.486 e. The van der Waals surface area contributed by atoms with Gasteiger partial charge in [-0.15, -0.1) is 5.10 Å². The van der Waals surface area contributed by atoms with E-state index in [1.54, 1.807) is 11.0 Å². The first-order chi connectivity index (χ1) is 15.4. The van der Waals surface area contributed by atoms with Gasteiger partial charge in [-0.05, 0) is 30.0 Å². The summed E-state index contributed by atoms with van der Waals surface area (Å²) in [6.07, 6.45) is -0.398. The zero-order valence-corrected chi connectivity index (χ0v) is 18.2. The molecule has 3 amide bonds. The molecule has 0 aliphatic carbocycles. The number of hydrogen-bond acceptors (Lipinski definition) is 7. The van der Waals surface area contributed by atoms with Crippen molar-refractivity contribution in [2.45, 2.75) is 24.8 Å². The summed E-state index contributed by atoms with van der Waals surface area (Å²) in [7, 11) is 0. The van der Waals surface area contributed by atoms with Crippen molar-refractivity contribution < 1.29 is 23.9 Å². The van der Waals surface area contributed by atoms with Gasteiger partial charge in [-0.1, -0.05) is 30.3 Å². The second-order valence-electron chi connectivity index (χ2n) is 7.59. The van der Waals surface area contributed by atoms with Crippen molar-refractivity contribution in [2.75, 3.05) is 18.1 Å². The molecule has 9 nitrogen and oxygen atoms in total. The molecule has 0 saturated heterocycles. The summed E-state index contributed by atoms with van der Waals surface area (Å²) in [4.78, 5) is 38.2. The van der Waals surface area contributed by atoms with E-state index in [2.05, 4.69) is 10.4 Å². The number of carbonyl (C=O) groups is 3. The Bertz CT molecular complexity index is 1170. The van der Waals surface area contributed by atoms with Crippen LogP contribution in [0.3, 0.4) is 0 Å². The summed E-state index contributed by atoms with van der Waals surface area (Å²) in [6.45, 7) is 3.21. The first-order valence-electron chi connectivity index (χ1n) is 10.1. The number of amides is 3. The molecule has 2 aromatic carbocycles. The normalized spacial score (nSPS) is 23.2. The topological polar surface area (TPSA) is 101 Å². The molecule has 3 aliphatic rings. The van der Waals surface area contributed by atoms with Crippen LogP contribution in [0.15, 0.2) is 53.6 Å². The molecule has 5 rings (SSSR count). The highest BCUT2D eigenvalue weighted by atomic mass is 32.2. The van der Waals surface area contributed by atoms with Crippen LogP contribution in [0.5, 0.6) is 11.5 Å². The molecule has 0 radical (unpaired) electrons. The Hall–Kier alpha value is -3.53. The Morgan fingerprint density at radius 1 is 1.16 bits per heavy atom. The second-order valence-corrected chi connectivity index (χ2v) is 8.78. The van der Waals surface area contributed by atoms with E-state index in [4.69, 9.17) is 9.47 Å². The van der Waals surface area contributed by atoms with Crippen LogP contribution in [0.1, 0.15) is 19.4 Å². The smallest absolute Gasteiger partial charge is 0.270 e. The Morgan fingerprint density at radius 2 is 1.88 bits per heavy atom. The molecule has 0 unspecified atom stereocenters. The maximum Gasteiger partial charge on any atom is 0.270 e. The number of nitrogens with zero attached hydrogens (tertiary/aromatic N) is 3. The number of carbonyl (C=O) groups excluding carboxylic acids is 3.